The van der Waals surface area contributed by atoms with Crippen molar-refractivity contribution in [3.8, 4) is 34.1 Å². The number of pyridine rings is 1. The second-order valence-corrected chi connectivity index (χ2v) is 10.8. The predicted molar refractivity (Wildman–Crippen MR) is 158 cm³/mol. The maximum absolute atomic E-state index is 13.0. The van der Waals surface area contributed by atoms with Crippen LogP contribution in [0.25, 0.3) is 28.3 Å². The van der Waals surface area contributed by atoms with Gasteiger partial charge in [-0.15, -0.1) is 0 Å². The number of aromatic hydroxyl groups is 1. The monoisotopic (exact) mass is 545 g/mol. The molecule has 8 nitrogen and oxygen atoms in total. The van der Waals surface area contributed by atoms with E-state index in [0.717, 1.165) is 28.3 Å². The lowest BCUT2D eigenvalue weighted by atomic mass is 9.87. The van der Waals surface area contributed by atoms with E-state index in [0.29, 0.717) is 11.1 Å². The Morgan fingerprint density at radius 1 is 0.878 bits per heavy atom. The van der Waals surface area contributed by atoms with Crippen molar-refractivity contribution in [3.63, 3.8) is 0 Å². The minimum absolute atomic E-state index is 0.0246. The maximum Gasteiger partial charge on any atom is 0.252 e. The molecule has 0 bridgehead atoms. The standard InChI is InChI=1S/C33H31N5O3/c1-33(2,3)24-13-15-25(16-14-24)38-29(20-28(37-38)27-6-4-5-19-35-27)21-7-9-23(10-8-21)32(41)36-30(31(34)40)22-11-17-26(39)18-12-22/h4-20,30,39H,1-3H3,(H2,34,40)(H,36,41). The average Bonchev–Trinajstić information content (AvgIpc) is 3.42. The normalized spacial score (nSPS) is 12.1. The molecule has 3 aromatic carbocycles. The van der Waals surface area contributed by atoms with E-state index in [1.165, 1.54) is 17.7 Å². The van der Waals surface area contributed by atoms with Crippen LogP contribution < -0.4 is 11.1 Å². The zero-order chi connectivity index (χ0) is 29.1. The number of amides is 2. The summed E-state index contributed by atoms with van der Waals surface area (Å²) in [5, 5.41) is 17.1. The Hall–Kier alpha value is -5.24. The number of phenolic OH excluding ortho intramolecular Hbond substituents is 1. The molecule has 2 amide bonds. The molecule has 206 valence electrons. The molecule has 4 N–H and O–H groups in total. The van der Waals surface area contributed by atoms with E-state index < -0.39 is 17.9 Å². The summed E-state index contributed by atoms with van der Waals surface area (Å²) in [6.07, 6.45) is 1.73. The summed E-state index contributed by atoms with van der Waals surface area (Å²) in [5.74, 6) is -1.10. The van der Waals surface area contributed by atoms with Gasteiger partial charge in [0.15, 0.2) is 0 Å². The first-order valence-corrected chi connectivity index (χ1v) is 13.2. The first-order valence-electron chi connectivity index (χ1n) is 13.2. The molecule has 0 fully saturated rings. The topological polar surface area (TPSA) is 123 Å². The number of hydrogen-bond acceptors (Lipinski definition) is 5. The number of carbonyl (C=O) groups excluding carboxylic acids is 2. The van der Waals surface area contributed by atoms with Gasteiger partial charge in [-0.2, -0.15) is 5.10 Å². The highest BCUT2D eigenvalue weighted by atomic mass is 16.3. The second kappa shape index (κ2) is 11.1. The molecule has 41 heavy (non-hydrogen) atoms. The molecule has 0 aliphatic rings. The van der Waals surface area contributed by atoms with E-state index in [1.807, 2.05) is 53.2 Å². The Morgan fingerprint density at radius 2 is 1.56 bits per heavy atom. The van der Waals surface area contributed by atoms with Crippen LogP contribution in [0.15, 0.2) is 103 Å². The largest absolute Gasteiger partial charge is 0.508 e. The molecule has 0 spiro atoms. The Morgan fingerprint density at radius 3 is 2.15 bits per heavy atom. The van der Waals surface area contributed by atoms with Crippen LogP contribution in [0.2, 0.25) is 0 Å². The number of phenols is 1. The number of nitrogens with one attached hydrogen (secondary N) is 1. The highest BCUT2D eigenvalue weighted by Gasteiger charge is 2.22. The molecule has 0 radical (unpaired) electrons. The molecule has 0 saturated carbocycles. The molecule has 5 rings (SSSR count). The molecule has 2 heterocycles. The molecule has 0 aliphatic heterocycles. The van der Waals surface area contributed by atoms with Crippen molar-refractivity contribution in [2.24, 2.45) is 5.73 Å². The summed E-state index contributed by atoms with van der Waals surface area (Å²) in [6, 6.07) is 28.0. The number of rotatable bonds is 7. The smallest absolute Gasteiger partial charge is 0.252 e. The fraction of sp³-hybridized carbons (Fsp3) is 0.152. The van der Waals surface area contributed by atoms with Crippen LogP contribution in [0.4, 0.5) is 0 Å². The highest BCUT2D eigenvalue weighted by Crippen LogP contribution is 2.30. The van der Waals surface area contributed by atoms with Crippen LogP contribution in [-0.2, 0) is 10.2 Å². The second-order valence-electron chi connectivity index (χ2n) is 10.8. The highest BCUT2D eigenvalue weighted by molar-refractivity contribution is 5.98. The fourth-order valence-electron chi connectivity index (χ4n) is 4.52. The molecular weight excluding hydrogens is 514 g/mol. The third kappa shape index (κ3) is 6.01. The van der Waals surface area contributed by atoms with Crippen molar-refractivity contribution in [2.45, 2.75) is 32.2 Å². The molecule has 1 atom stereocenters. The lowest BCUT2D eigenvalue weighted by Crippen LogP contribution is -2.37. The number of hydrogen-bond donors (Lipinski definition) is 3. The van der Waals surface area contributed by atoms with Crippen LogP contribution in [0, 0.1) is 0 Å². The van der Waals surface area contributed by atoms with Gasteiger partial charge in [-0.05, 0) is 71.1 Å². The minimum Gasteiger partial charge on any atom is -0.508 e. The number of benzene rings is 3. The zero-order valence-electron chi connectivity index (χ0n) is 23.1. The van der Waals surface area contributed by atoms with E-state index in [4.69, 9.17) is 10.8 Å². The third-order valence-corrected chi connectivity index (χ3v) is 6.84. The van der Waals surface area contributed by atoms with Crippen molar-refractivity contribution in [2.75, 3.05) is 0 Å². The van der Waals surface area contributed by atoms with Gasteiger partial charge >= 0.3 is 0 Å². The van der Waals surface area contributed by atoms with Gasteiger partial charge in [0.25, 0.3) is 5.91 Å². The number of aromatic nitrogens is 3. The van der Waals surface area contributed by atoms with E-state index >= 15 is 0 Å². The van der Waals surface area contributed by atoms with Gasteiger partial charge in [-0.1, -0.05) is 63.2 Å². The van der Waals surface area contributed by atoms with Crippen molar-refractivity contribution < 1.29 is 14.7 Å². The van der Waals surface area contributed by atoms with Crippen molar-refractivity contribution in [1.29, 1.82) is 0 Å². The van der Waals surface area contributed by atoms with Crippen LogP contribution in [0.5, 0.6) is 5.75 Å². The SMILES string of the molecule is CC(C)(C)c1ccc(-n2nc(-c3ccccn3)cc2-c2ccc(C(=O)NC(C(N)=O)c3ccc(O)cc3)cc2)cc1. The summed E-state index contributed by atoms with van der Waals surface area (Å²) < 4.78 is 1.87. The molecule has 0 saturated heterocycles. The quantitative estimate of drug-likeness (QED) is 0.247. The average molecular weight is 546 g/mol. The Kier molecular flexibility index (Phi) is 7.40. The van der Waals surface area contributed by atoms with E-state index in [-0.39, 0.29) is 11.2 Å². The Bertz CT molecular complexity index is 1670. The van der Waals surface area contributed by atoms with E-state index in [2.05, 4.69) is 43.2 Å². The van der Waals surface area contributed by atoms with E-state index in [9.17, 15) is 14.7 Å². The summed E-state index contributed by atoms with van der Waals surface area (Å²) in [6.45, 7) is 6.53. The van der Waals surface area contributed by atoms with Gasteiger partial charge in [0.1, 0.15) is 17.5 Å². The molecular formula is C33H31N5O3. The van der Waals surface area contributed by atoms with Gasteiger partial charge in [-0.25, -0.2) is 4.68 Å². The van der Waals surface area contributed by atoms with Crippen molar-refractivity contribution in [1.82, 2.24) is 20.1 Å². The van der Waals surface area contributed by atoms with Crippen molar-refractivity contribution in [3.05, 3.63) is 120 Å². The first kappa shape index (κ1) is 27.3. The van der Waals surface area contributed by atoms with Gasteiger partial charge in [0, 0.05) is 17.3 Å². The third-order valence-electron chi connectivity index (χ3n) is 6.84. The van der Waals surface area contributed by atoms with Crippen LogP contribution in [0.3, 0.4) is 0 Å². The maximum atomic E-state index is 13.0. The predicted octanol–water partition coefficient (Wildman–Crippen LogP) is 5.56. The minimum atomic E-state index is -1.04. The van der Waals surface area contributed by atoms with E-state index in [1.54, 1.807) is 30.5 Å². The first-order chi connectivity index (χ1) is 19.6. The van der Waals surface area contributed by atoms with Crippen LogP contribution >= 0.6 is 0 Å². The number of carbonyl (C=O) groups is 2. The summed E-state index contributed by atoms with van der Waals surface area (Å²) >= 11 is 0. The van der Waals surface area contributed by atoms with Crippen LogP contribution in [0.1, 0.15) is 48.3 Å². The lowest BCUT2D eigenvalue weighted by Gasteiger charge is -2.19. The van der Waals surface area contributed by atoms with Gasteiger partial charge < -0.3 is 16.2 Å². The van der Waals surface area contributed by atoms with Crippen LogP contribution in [-0.4, -0.2) is 31.7 Å². The molecule has 2 aromatic heterocycles. The Balaban J connectivity index is 1.46. The summed E-state index contributed by atoms with van der Waals surface area (Å²) in [7, 11) is 0. The zero-order valence-corrected chi connectivity index (χ0v) is 23.1. The molecule has 0 aliphatic carbocycles. The van der Waals surface area contributed by atoms with Crippen molar-refractivity contribution >= 4 is 11.8 Å². The molecule has 1 unspecified atom stereocenters. The summed E-state index contributed by atoms with van der Waals surface area (Å²) in [4.78, 5) is 29.6. The lowest BCUT2D eigenvalue weighted by molar-refractivity contribution is -0.120. The van der Waals surface area contributed by atoms with Gasteiger partial charge in [-0.3, -0.25) is 14.6 Å². The Labute approximate surface area is 238 Å². The van der Waals surface area contributed by atoms with Gasteiger partial charge in [0.2, 0.25) is 5.91 Å². The van der Waals surface area contributed by atoms with Gasteiger partial charge in [0.05, 0.1) is 17.1 Å². The number of nitrogens with zero attached hydrogens (tertiary/aromatic N) is 3. The fourth-order valence-corrected chi connectivity index (χ4v) is 4.52. The number of nitrogens with two attached hydrogens (primary N) is 1. The summed E-state index contributed by atoms with van der Waals surface area (Å²) in [5.41, 5.74) is 11.7. The number of primary amides is 1. The molecule has 5 aromatic rings. The molecule has 8 heteroatoms.